The minimum atomic E-state index is 0.695. The molecule has 2 aliphatic rings. The van der Waals surface area contributed by atoms with Crippen molar-refractivity contribution in [3.05, 3.63) is 57.9 Å². The Morgan fingerprint density at radius 1 is 0.733 bits per heavy atom. The zero-order valence-electron chi connectivity index (χ0n) is 17.0. The van der Waals surface area contributed by atoms with E-state index in [-0.39, 0.29) is 0 Å². The van der Waals surface area contributed by atoms with Gasteiger partial charge in [0.15, 0.2) is 0 Å². The molecule has 0 amide bonds. The van der Waals surface area contributed by atoms with Crippen LogP contribution in [-0.2, 0) is 25.7 Å². The fourth-order valence-electron chi connectivity index (χ4n) is 4.00. The number of nitriles is 2. The monoisotopic (exact) mass is 432 g/mol. The summed E-state index contributed by atoms with van der Waals surface area (Å²) in [6.07, 6.45) is 13.1. The van der Waals surface area contributed by atoms with Gasteiger partial charge >= 0.3 is 0 Å². The molecular weight excluding hydrogens is 408 g/mol. The maximum atomic E-state index is 9.46. The minimum absolute atomic E-state index is 0.695. The number of nitrogens with zero attached hydrogens (tertiary/aromatic N) is 4. The molecule has 0 saturated heterocycles. The summed E-state index contributed by atoms with van der Waals surface area (Å²) in [4.78, 5) is 9.54. The minimum Gasteiger partial charge on any atom is -0.245 e. The number of aryl methyl sites for hydroxylation is 4. The van der Waals surface area contributed by atoms with Crippen molar-refractivity contribution in [2.45, 2.75) is 61.4 Å². The van der Waals surface area contributed by atoms with Crippen molar-refractivity contribution in [1.82, 2.24) is 9.97 Å². The smallest absolute Gasteiger partial charge is 0.114 e. The third kappa shape index (κ3) is 4.89. The lowest BCUT2D eigenvalue weighted by molar-refractivity contribution is 0.660. The van der Waals surface area contributed by atoms with Crippen LogP contribution in [0.25, 0.3) is 0 Å². The molecule has 2 heterocycles. The summed E-state index contributed by atoms with van der Waals surface area (Å²) in [5.74, 6) is 1.56. The van der Waals surface area contributed by atoms with Crippen LogP contribution in [0.3, 0.4) is 0 Å². The maximum Gasteiger partial charge on any atom is 0.114 e. The SMILES string of the molecule is N#Cc1cc2c(nc1SCC=CCSc1nc3c(cc1C#N)CCCC3)CCCC2. The first-order valence-corrected chi connectivity index (χ1v) is 12.5. The van der Waals surface area contributed by atoms with Gasteiger partial charge in [0.25, 0.3) is 0 Å². The summed E-state index contributed by atoms with van der Waals surface area (Å²) in [7, 11) is 0. The van der Waals surface area contributed by atoms with E-state index in [4.69, 9.17) is 9.97 Å². The Balaban J connectivity index is 1.33. The summed E-state index contributed by atoms with van der Waals surface area (Å²) >= 11 is 3.24. The van der Waals surface area contributed by atoms with Crippen LogP contribution >= 0.6 is 23.5 Å². The second-order valence-corrected chi connectivity index (χ2v) is 9.64. The van der Waals surface area contributed by atoms with Crippen molar-refractivity contribution < 1.29 is 0 Å². The van der Waals surface area contributed by atoms with E-state index in [0.29, 0.717) is 11.1 Å². The fraction of sp³-hybridized carbons (Fsp3) is 0.417. The highest BCUT2D eigenvalue weighted by Crippen LogP contribution is 2.29. The Morgan fingerprint density at radius 3 is 1.60 bits per heavy atom. The molecule has 2 aliphatic carbocycles. The first-order chi connectivity index (χ1) is 14.8. The summed E-state index contributed by atoms with van der Waals surface area (Å²) in [6, 6.07) is 8.69. The van der Waals surface area contributed by atoms with E-state index in [1.54, 1.807) is 23.5 Å². The molecule has 0 aliphatic heterocycles. The molecule has 0 bridgehead atoms. The van der Waals surface area contributed by atoms with Gasteiger partial charge in [-0.15, -0.1) is 23.5 Å². The van der Waals surface area contributed by atoms with Crippen LogP contribution in [-0.4, -0.2) is 21.5 Å². The lowest BCUT2D eigenvalue weighted by atomic mass is 9.95. The van der Waals surface area contributed by atoms with E-state index in [2.05, 4.69) is 24.3 Å². The van der Waals surface area contributed by atoms with Gasteiger partial charge in [-0.3, -0.25) is 0 Å². The van der Waals surface area contributed by atoms with Gasteiger partial charge in [0.1, 0.15) is 22.2 Å². The highest BCUT2D eigenvalue weighted by atomic mass is 32.2. The number of aromatic nitrogens is 2. The van der Waals surface area contributed by atoms with Gasteiger partial charge in [0.2, 0.25) is 0 Å². The number of thioether (sulfide) groups is 2. The highest BCUT2D eigenvalue weighted by Gasteiger charge is 2.16. The average molecular weight is 433 g/mol. The number of pyridine rings is 2. The van der Waals surface area contributed by atoms with E-state index < -0.39 is 0 Å². The summed E-state index contributed by atoms with van der Waals surface area (Å²) in [6.45, 7) is 0. The zero-order chi connectivity index (χ0) is 20.8. The van der Waals surface area contributed by atoms with Crippen molar-refractivity contribution in [3.63, 3.8) is 0 Å². The fourth-order valence-corrected chi connectivity index (χ4v) is 5.65. The van der Waals surface area contributed by atoms with E-state index >= 15 is 0 Å². The Labute approximate surface area is 186 Å². The van der Waals surface area contributed by atoms with Crippen molar-refractivity contribution in [2.24, 2.45) is 0 Å². The van der Waals surface area contributed by atoms with Gasteiger partial charge in [-0.1, -0.05) is 12.2 Å². The number of rotatable bonds is 6. The molecule has 0 atom stereocenters. The number of fused-ring (bicyclic) bond motifs is 2. The third-order valence-corrected chi connectivity index (χ3v) is 7.46. The van der Waals surface area contributed by atoms with Gasteiger partial charge < -0.3 is 0 Å². The van der Waals surface area contributed by atoms with Crippen molar-refractivity contribution in [1.29, 1.82) is 10.5 Å². The van der Waals surface area contributed by atoms with Crippen molar-refractivity contribution in [3.8, 4) is 12.1 Å². The molecule has 6 heteroatoms. The molecule has 0 N–H and O–H groups in total. The van der Waals surface area contributed by atoms with Crippen LogP contribution in [0.1, 0.15) is 59.3 Å². The molecule has 152 valence electrons. The molecule has 0 spiro atoms. The van der Waals surface area contributed by atoms with Gasteiger partial charge in [-0.05, 0) is 74.6 Å². The Hall–Kier alpha value is -2.28. The first-order valence-electron chi connectivity index (χ1n) is 10.5. The standard InChI is InChI=1S/C24H24N4S2/c25-15-19-13-17-7-1-3-9-21(17)27-23(19)29-11-5-6-12-30-24-20(16-26)14-18-8-2-4-10-22(18)28-24/h5-6,13-14H,1-4,7-12H2. The summed E-state index contributed by atoms with van der Waals surface area (Å²) in [5, 5.41) is 20.6. The highest BCUT2D eigenvalue weighted by molar-refractivity contribution is 7.99. The third-order valence-electron chi connectivity index (χ3n) is 5.57. The Bertz CT molecular complexity index is 963. The maximum absolute atomic E-state index is 9.46. The molecule has 0 fully saturated rings. The average Bonchev–Trinajstić information content (AvgIpc) is 2.80. The molecule has 0 saturated carbocycles. The predicted octanol–water partition coefficient (Wildman–Crippen LogP) is 5.42. The molecule has 4 rings (SSSR count). The van der Waals surface area contributed by atoms with E-state index in [1.807, 2.05) is 12.1 Å². The lowest BCUT2D eigenvalue weighted by Crippen LogP contribution is -2.07. The van der Waals surface area contributed by atoms with E-state index in [1.165, 1.54) is 48.2 Å². The molecule has 2 aromatic rings. The van der Waals surface area contributed by atoms with Crippen LogP contribution in [0.2, 0.25) is 0 Å². The molecule has 0 unspecified atom stereocenters. The number of hydrogen-bond acceptors (Lipinski definition) is 6. The van der Waals surface area contributed by atoms with Crippen LogP contribution in [0.5, 0.6) is 0 Å². The molecular formula is C24H24N4S2. The predicted molar refractivity (Wildman–Crippen MR) is 122 cm³/mol. The van der Waals surface area contributed by atoms with Crippen molar-refractivity contribution >= 4 is 23.5 Å². The second-order valence-electron chi connectivity index (χ2n) is 7.63. The van der Waals surface area contributed by atoms with Gasteiger partial charge in [-0.2, -0.15) is 10.5 Å². The van der Waals surface area contributed by atoms with Crippen LogP contribution in [0, 0.1) is 22.7 Å². The largest absolute Gasteiger partial charge is 0.245 e. The lowest BCUT2D eigenvalue weighted by Gasteiger charge is -2.16. The van der Waals surface area contributed by atoms with Crippen LogP contribution in [0.15, 0.2) is 34.3 Å². The first kappa shape index (κ1) is 21.0. The normalized spacial score (nSPS) is 15.3. The molecule has 0 radical (unpaired) electrons. The van der Waals surface area contributed by atoms with Gasteiger partial charge in [0, 0.05) is 22.9 Å². The molecule has 30 heavy (non-hydrogen) atoms. The van der Waals surface area contributed by atoms with Crippen LogP contribution < -0.4 is 0 Å². The summed E-state index contributed by atoms with van der Waals surface area (Å²) in [5.41, 5.74) is 6.23. The Kier molecular flexibility index (Phi) is 7.10. The van der Waals surface area contributed by atoms with E-state index in [0.717, 1.165) is 47.2 Å². The molecule has 0 aromatic carbocycles. The van der Waals surface area contributed by atoms with Crippen LogP contribution in [0.4, 0.5) is 0 Å². The van der Waals surface area contributed by atoms with Crippen molar-refractivity contribution in [2.75, 3.05) is 11.5 Å². The zero-order valence-corrected chi connectivity index (χ0v) is 18.6. The molecule has 4 nitrogen and oxygen atoms in total. The topological polar surface area (TPSA) is 73.4 Å². The summed E-state index contributed by atoms with van der Waals surface area (Å²) < 4.78 is 0. The molecule has 2 aromatic heterocycles. The number of hydrogen-bond donors (Lipinski definition) is 0. The second kappa shape index (κ2) is 10.2. The Morgan fingerprint density at radius 2 is 1.17 bits per heavy atom. The quantitative estimate of drug-likeness (QED) is 0.448. The van der Waals surface area contributed by atoms with E-state index in [9.17, 15) is 10.5 Å². The van der Waals surface area contributed by atoms with Gasteiger partial charge in [-0.25, -0.2) is 9.97 Å². The van der Waals surface area contributed by atoms with Gasteiger partial charge in [0.05, 0.1) is 11.1 Å².